The number of sulfonamides is 1. The number of aliphatic hydroxyl groups is 1. The van der Waals surface area contributed by atoms with E-state index in [2.05, 4.69) is 10.3 Å². The minimum atomic E-state index is -4.24. The standard InChI is InChI=1S/C35H47N5O7S2/c1-22(2)18-39(49(46,47)28-12-13-31(42)29(17-28)24(5)41)20-32(43)30(16-26-10-8-7-9-11-26)37-34(44)33(23(3)4)40-15-14-38(35(40)45)19-27-21-48-25(6)36-27/h7-13,17,21-23,30,32-33,42-43H,14-16,18-20H2,1-6H3,(H,37,44)/t30-,32+,33?/m0/s1. The van der Waals surface area contributed by atoms with E-state index in [1.165, 1.54) is 24.3 Å². The summed E-state index contributed by atoms with van der Waals surface area (Å²) >= 11 is 1.51. The monoisotopic (exact) mass is 713 g/mol. The highest BCUT2D eigenvalue weighted by Crippen LogP contribution is 2.26. The number of benzene rings is 2. The Hall–Kier alpha value is -3.85. The van der Waals surface area contributed by atoms with Crippen LogP contribution in [0.1, 0.15) is 61.2 Å². The molecule has 0 spiro atoms. The first-order chi connectivity index (χ1) is 23.1. The molecule has 1 aromatic heterocycles. The summed E-state index contributed by atoms with van der Waals surface area (Å²) in [6.45, 7) is 11.4. The molecule has 2 aromatic carbocycles. The van der Waals surface area contributed by atoms with Gasteiger partial charge in [-0.2, -0.15) is 4.31 Å². The fraction of sp³-hybridized carbons (Fsp3) is 0.486. The van der Waals surface area contributed by atoms with E-state index in [0.29, 0.717) is 19.6 Å². The van der Waals surface area contributed by atoms with E-state index in [9.17, 15) is 33.0 Å². The van der Waals surface area contributed by atoms with Crippen LogP contribution in [0.25, 0.3) is 0 Å². The van der Waals surface area contributed by atoms with Gasteiger partial charge in [0, 0.05) is 31.6 Å². The number of hydrogen-bond acceptors (Lipinski definition) is 9. The molecule has 0 aliphatic carbocycles. The predicted octanol–water partition coefficient (Wildman–Crippen LogP) is 4.06. The molecule has 266 valence electrons. The van der Waals surface area contributed by atoms with Gasteiger partial charge in [0.05, 0.1) is 39.9 Å². The smallest absolute Gasteiger partial charge is 0.321 e. The Morgan fingerprint density at radius 2 is 1.76 bits per heavy atom. The van der Waals surface area contributed by atoms with Crippen LogP contribution in [-0.4, -0.2) is 99.8 Å². The predicted molar refractivity (Wildman–Crippen MR) is 188 cm³/mol. The van der Waals surface area contributed by atoms with Gasteiger partial charge >= 0.3 is 6.03 Å². The number of carbonyl (C=O) groups excluding carboxylic acids is 3. The quantitative estimate of drug-likeness (QED) is 0.188. The number of Topliss-reactive ketones (excluding diaryl/α,β-unsaturated/α-hetero) is 1. The molecule has 1 aliphatic heterocycles. The van der Waals surface area contributed by atoms with Crippen molar-refractivity contribution in [2.24, 2.45) is 11.8 Å². The van der Waals surface area contributed by atoms with Crippen LogP contribution in [0.5, 0.6) is 5.75 Å². The highest BCUT2D eigenvalue weighted by molar-refractivity contribution is 7.89. The van der Waals surface area contributed by atoms with Gasteiger partial charge in [0.2, 0.25) is 15.9 Å². The molecule has 1 unspecified atom stereocenters. The molecule has 49 heavy (non-hydrogen) atoms. The summed E-state index contributed by atoms with van der Waals surface area (Å²) < 4.78 is 29.0. The zero-order valence-electron chi connectivity index (χ0n) is 28.9. The lowest BCUT2D eigenvalue weighted by molar-refractivity contribution is -0.128. The molecule has 3 amide bonds. The SMILES string of the molecule is CC(=O)c1cc(S(=O)(=O)N(CC(C)C)C[C@@H](O)[C@H](Cc2ccccc2)NC(=O)C(C(C)C)N2CCN(Cc3csc(C)n3)C2=O)ccc1O. The number of nitrogens with zero attached hydrogens (tertiary/aromatic N) is 4. The second-order valence-electron chi connectivity index (χ2n) is 13.3. The Morgan fingerprint density at radius 1 is 1.06 bits per heavy atom. The molecule has 0 bridgehead atoms. The fourth-order valence-corrected chi connectivity index (χ4v) is 8.28. The van der Waals surface area contributed by atoms with E-state index >= 15 is 0 Å². The molecule has 0 radical (unpaired) electrons. The molecular formula is C35H47N5O7S2. The number of aryl methyl sites for hydroxylation is 1. The Kier molecular flexibility index (Phi) is 12.6. The van der Waals surface area contributed by atoms with Crippen LogP contribution < -0.4 is 5.32 Å². The van der Waals surface area contributed by atoms with Crippen LogP contribution in [0.15, 0.2) is 58.8 Å². The first-order valence-electron chi connectivity index (χ1n) is 16.4. The van der Waals surface area contributed by atoms with Crippen molar-refractivity contribution in [1.82, 2.24) is 24.4 Å². The number of aliphatic hydroxyl groups excluding tert-OH is 1. The average Bonchev–Trinajstić information content (AvgIpc) is 3.60. The summed E-state index contributed by atoms with van der Waals surface area (Å²) in [5.41, 5.74) is 1.48. The number of nitrogens with one attached hydrogen (secondary N) is 1. The van der Waals surface area contributed by atoms with Gasteiger partial charge in [-0.05, 0) is 55.9 Å². The van der Waals surface area contributed by atoms with Crippen LogP contribution in [0.4, 0.5) is 4.79 Å². The molecule has 12 nitrogen and oxygen atoms in total. The summed E-state index contributed by atoms with van der Waals surface area (Å²) in [5, 5.41) is 27.7. The summed E-state index contributed by atoms with van der Waals surface area (Å²) in [6, 6.07) is 10.7. The Bertz CT molecular complexity index is 1730. The number of phenols is 1. The maximum atomic E-state index is 14.1. The number of ketones is 1. The first-order valence-corrected chi connectivity index (χ1v) is 18.7. The third-order valence-corrected chi connectivity index (χ3v) is 11.1. The highest BCUT2D eigenvalue weighted by Gasteiger charge is 2.40. The molecule has 1 saturated heterocycles. The van der Waals surface area contributed by atoms with E-state index in [1.807, 2.05) is 70.3 Å². The normalized spacial score (nSPS) is 15.7. The van der Waals surface area contributed by atoms with Crippen molar-refractivity contribution in [1.29, 1.82) is 0 Å². The van der Waals surface area contributed by atoms with Crippen molar-refractivity contribution in [2.45, 2.75) is 77.6 Å². The molecular weight excluding hydrogens is 667 g/mol. The zero-order valence-corrected chi connectivity index (χ0v) is 30.5. The Labute approximate surface area is 292 Å². The van der Waals surface area contributed by atoms with Crippen LogP contribution in [-0.2, 0) is 27.8 Å². The van der Waals surface area contributed by atoms with Crippen LogP contribution in [0, 0.1) is 18.8 Å². The zero-order chi connectivity index (χ0) is 36.0. The summed E-state index contributed by atoms with van der Waals surface area (Å²) in [6.07, 6.45) is -1.15. The Morgan fingerprint density at radius 3 is 2.35 bits per heavy atom. The lowest BCUT2D eigenvalue weighted by atomic mass is 9.97. The third-order valence-electron chi connectivity index (χ3n) is 8.42. The molecule has 2 heterocycles. The Balaban J connectivity index is 1.60. The van der Waals surface area contributed by atoms with Crippen LogP contribution in [0.2, 0.25) is 0 Å². The van der Waals surface area contributed by atoms with Gasteiger partial charge < -0.3 is 25.3 Å². The lowest BCUT2D eigenvalue weighted by Crippen LogP contribution is -2.57. The average molecular weight is 714 g/mol. The summed E-state index contributed by atoms with van der Waals surface area (Å²) in [5.74, 6) is -1.66. The van der Waals surface area contributed by atoms with Crippen molar-refractivity contribution in [3.05, 3.63) is 75.7 Å². The second-order valence-corrected chi connectivity index (χ2v) is 16.3. The number of thiazole rings is 1. The fourth-order valence-electron chi connectivity index (χ4n) is 6.03. The van der Waals surface area contributed by atoms with Crippen molar-refractivity contribution in [3.63, 3.8) is 0 Å². The molecule has 3 aromatic rings. The maximum absolute atomic E-state index is 14.1. The molecule has 0 saturated carbocycles. The number of carbonyl (C=O) groups is 3. The molecule has 4 rings (SSSR count). The largest absolute Gasteiger partial charge is 0.507 e. The number of amides is 3. The third kappa shape index (κ3) is 9.44. The van der Waals surface area contributed by atoms with Crippen LogP contribution in [0.3, 0.4) is 0 Å². The lowest BCUT2D eigenvalue weighted by Gasteiger charge is -2.34. The first kappa shape index (κ1) is 38.0. The molecule has 1 aliphatic rings. The van der Waals surface area contributed by atoms with E-state index in [0.717, 1.165) is 32.7 Å². The number of phenolic OH excluding ortho intramolecular Hbond substituents is 1. The maximum Gasteiger partial charge on any atom is 0.321 e. The topological polar surface area (TPSA) is 160 Å². The van der Waals surface area contributed by atoms with E-state index in [4.69, 9.17) is 0 Å². The molecule has 3 atom stereocenters. The summed E-state index contributed by atoms with van der Waals surface area (Å²) in [7, 11) is -4.24. The van der Waals surface area contributed by atoms with Gasteiger partial charge in [0.15, 0.2) is 5.78 Å². The number of aromatic hydroxyl groups is 1. The minimum absolute atomic E-state index is 0.0485. The highest BCUT2D eigenvalue weighted by atomic mass is 32.2. The van der Waals surface area contributed by atoms with E-state index in [1.54, 1.807) is 9.80 Å². The minimum Gasteiger partial charge on any atom is -0.507 e. The van der Waals surface area contributed by atoms with Crippen molar-refractivity contribution >= 4 is 39.1 Å². The van der Waals surface area contributed by atoms with Gasteiger partial charge in [0.25, 0.3) is 0 Å². The van der Waals surface area contributed by atoms with Gasteiger partial charge in [-0.25, -0.2) is 18.2 Å². The number of urea groups is 1. The van der Waals surface area contributed by atoms with Gasteiger partial charge in [-0.1, -0.05) is 58.0 Å². The second kappa shape index (κ2) is 16.2. The molecule has 14 heteroatoms. The molecule has 3 N–H and O–H groups in total. The van der Waals surface area contributed by atoms with Crippen LogP contribution >= 0.6 is 11.3 Å². The number of rotatable bonds is 16. The number of aromatic nitrogens is 1. The van der Waals surface area contributed by atoms with Crippen molar-refractivity contribution < 1.29 is 33.0 Å². The van der Waals surface area contributed by atoms with Crippen molar-refractivity contribution in [3.8, 4) is 5.75 Å². The number of hydrogen-bond donors (Lipinski definition) is 3. The van der Waals surface area contributed by atoms with Gasteiger partial charge in [-0.15, -0.1) is 11.3 Å². The van der Waals surface area contributed by atoms with Gasteiger partial charge in [0.1, 0.15) is 11.8 Å². The van der Waals surface area contributed by atoms with Gasteiger partial charge in [-0.3, -0.25) is 9.59 Å². The van der Waals surface area contributed by atoms with Crippen molar-refractivity contribution in [2.75, 3.05) is 26.2 Å². The van der Waals surface area contributed by atoms with E-state index < -0.39 is 39.9 Å². The summed E-state index contributed by atoms with van der Waals surface area (Å²) in [4.78, 5) is 47.2. The van der Waals surface area contributed by atoms with E-state index in [-0.39, 0.29) is 53.6 Å². The molecule has 1 fully saturated rings.